The quantitative estimate of drug-likeness (QED) is 0.700. The number of oxazole rings is 1. The molecule has 1 aliphatic rings. The summed E-state index contributed by atoms with van der Waals surface area (Å²) in [4.78, 5) is 23.6. The third kappa shape index (κ3) is 3.12. The van der Waals surface area contributed by atoms with Gasteiger partial charge in [-0.1, -0.05) is 12.1 Å². The van der Waals surface area contributed by atoms with Gasteiger partial charge in [0, 0.05) is 0 Å². The molecule has 0 aliphatic carbocycles. The first-order valence-corrected chi connectivity index (χ1v) is 8.53. The number of aromatic nitrogens is 3. The molecule has 3 heterocycles. The number of halogens is 2. The molecule has 1 aliphatic heterocycles. The molecule has 1 saturated heterocycles. The maximum atomic E-state index is 13.1. The molecule has 1 aromatic carbocycles. The van der Waals surface area contributed by atoms with Gasteiger partial charge in [-0.25, -0.2) is 18.7 Å². The van der Waals surface area contributed by atoms with Crippen LogP contribution in [0.5, 0.6) is 0 Å². The van der Waals surface area contributed by atoms with Crippen LogP contribution in [0.2, 0.25) is 0 Å². The van der Waals surface area contributed by atoms with E-state index in [9.17, 15) is 13.6 Å². The highest BCUT2D eigenvalue weighted by Gasteiger charge is 2.31. The highest BCUT2D eigenvalue weighted by atomic mass is 19.3. The number of nitrogens with zero attached hydrogens (tertiary/aromatic N) is 4. The van der Waals surface area contributed by atoms with E-state index < -0.39 is 18.5 Å². The molecule has 4 rings (SSSR count). The van der Waals surface area contributed by atoms with Gasteiger partial charge in [0.1, 0.15) is 12.1 Å². The summed E-state index contributed by atoms with van der Waals surface area (Å²) in [7, 11) is 0. The lowest BCUT2D eigenvalue weighted by molar-refractivity contribution is 0.119. The summed E-state index contributed by atoms with van der Waals surface area (Å²) >= 11 is 0. The van der Waals surface area contributed by atoms with E-state index in [0.29, 0.717) is 29.2 Å². The lowest BCUT2D eigenvalue weighted by Crippen LogP contribution is -2.33. The lowest BCUT2D eigenvalue weighted by Gasteiger charge is -2.25. The maximum absolute atomic E-state index is 13.1. The molecular formula is C18H18F2N4O2. The number of para-hydroxylation sites is 1. The normalized spacial score (nSPS) is 18.2. The Kier molecular flexibility index (Phi) is 4.50. The van der Waals surface area contributed by atoms with Gasteiger partial charge in [-0.05, 0) is 31.5 Å². The molecule has 3 aromatic rings. The third-order valence-electron chi connectivity index (χ3n) is 4.70. The van der Waals surface area contributed by atoms with Crippen molar-refractivity contribution in [3.05, 3.63) is 58.8 Å². The first kappa shape index (κ1) is 16.8. The van der Waals surface area contributed by atoms with Gasteiger partial charge in [0.2, 0.25) is 5.89 Å². The second-order valence-electron chi connectivity index (χ2n) is 6.35. The Hall–Kier alpha value is -2.61. The summed E-state index contributed by atoms with van der Waals surface area (Å²) < 4.78 is 32.7. The highest BCUT2D eigenvalue weighted by molar-refractivity contribution is 5.77. The molecule has 2 aromatic heterocycles. The van der Waals surface area contributed by atoms with Crippen LogP contribution in [0, 0.1) is 0 Å². The number of likely N-dealkylation sites (tertiary alicyclic amines) is 1. The minimum absolute atomic E-state index is 0.224. The topological polar surface area (TPSA) is 64.2 Å². The van der Waals surface area contributed by atoms with Crippen LogP contribution < -0.4 is 5.56 Å². The molecule has 8 heteroatoms. The molecule has 0 N–H and O–H groups in total. The summed E-state index contributed by atoms with van der Waals surface area (Å²) in [6.07, 6.45) is 2.08. The maximum Gasteiger partial charge on any atom is 0.261 e. The summed E-state index contributed by atoms with van der Waals surface area (Å²) in [5, 5.41) is 0.356. The molecule has 1 fully saturated rings. The smallest absolute Gasteiger partial charge is 0.261 e. The average Bonchev–Trinajstić information content (AvgIpc) is 3.29. The zero-order valence-corrected chi connectivity index (χ0v) is 14.0. The predicted octanol–water partition coefficient (Wildman–Crippen LogP) is 2.99. The van der Waals surface area contributed by atoms with Gasteiger partial charge in [-0.15, -0.1) is 0 Å². The van der Waals surface area contributed by atoms with Crippen molar-refractivity contribution in [2.45, 2.75) is 38.4 Å². The van der Waals surface area contributed by atoms with Crippen molar-refractivity contribution in [2.24, 2.45) is 0 Å². The Balaban J connectivity index is 1.79. The highest BCUT2D eigenvalue weighted by Crippen LogP contribution is 2.32. The summed E-state index contributed by atoms with van der Waals surface area (Å²) in [5.74, 6) is 0.943. The number of alkyl halides is 2. The first-order valence-electron chi connectivity index (χ1n) is 8.53. The van der Waals surface area contributed by atoms with Crippen LogP contribution in [-0.4, -0.2) is 32.4 Å². The Morgan fingerprint density at radius 3 is 2.92 bits per heavy atom. The minimum Gasteiger partial charge on any atom is -0.448 e. The number of fused-ring (bicyclic) bond motifs is 1. The van der Waals surface area contributed by atoms with Gasteiger partial charge < -0.3 is 4.42 Å². The van der Waals surface area contributed by atoms with E-state index in [2.05, 4.69) is 14.9 Å². The van der Waals surface area contributed by atoms with Crippen LogP contribution in [0.25, 0.3) is 10.9 Å². The predicted molar refractivity (Wildman–Crippen MR) is 90.9 cm³/mol. The SMILES string of the molecule is O=c1c2ccccc2nc(C2CCCN2Cc2ncco2)n1CC(F)F. The molecule has 0 amide bonds. The van der Waals surface area contributed by atoms with Gasteiger partial charge in [0.25, 0.3) is 12.0 Å². The fraction of sp³-hybridized carbons (Fsp3) is 0.389. The molecule has 0 bridgehead atoms. The van der Waals surface area contributed by atoms with E-state index in [-0.39, 0.29) is 6.04 Å². The van der Waals surface area contributed by atoms with Crippen LogP contribution in [-0.2, 0) is 13.1 Å². The third-order valence-corrected chi connectivity index (χ3v) is 4.70. The van der Waals surface area contributed by atoms with Crippen LogP contribution in [0.3, 0.4) is 0 Å². The summed E-state index contributed by atoms with van der Waals surface area (Å²) in [6, 6.07) is 6.63. The van der Waals surface area contributed by atoms with E-state index >= 15 is 0 Å². The van der Waals surface area contributed by atoms with Gasteiger partial charge in [0.15, 0.2) is 0 Å². The standard InChI is InChI=1S/C18H18F2N4O2/c19-15(20)10-24-17(22-13-5-2-1-4-12(13)18(24)25)14-6-3-8-23(14)11-16-21-7-9-26-16/h1-2,4-5,7,9,14-15H,3,6,8,10-11H2. The molecule has 0 radical (unpaired) electrons. The molecule has 1 atom stereocenters. The molecular weight excluding hydrogens is 342 g/mol. The molecule has 26 heavy (non-hydrogen) atoms. The monoisotopic (exact) mass is 360 g/mol. The zero-order valence-electron chi connectivity index (χ0n) is 14.0. The Morgan fingerprint density at radius 2 is 2.15 bits per heavy atom. The van der Waals surface area contributed by atoms with Crippen molar-refractivity contribution in [2.75, 3.05) is 6.54 Å². The van der Waals surface area contributed by atoms with Crippen molar-refractivity contribution in [3.63, 3.8) is 0 Å². The number of hydrogen-bond acceptors (Lipinski definition) is 5. The van der Waals surface area contributed by atoms with E-state index in [4.69, 9.17) is 4.42 Å². The number of hydrogen-bond donors (Lipinski definition) is 0. The second kappa shape index (κ2) is 6.95. The fourth-order valence-corrected chi connectivity index (χ4v) is 3.57. The molecule has 136 valence electrons. The van der Waals surface area contributed by atoms with Gasteiger partial charge >= 0.3 is 0 Å². The largest absolute Gasteiger partial charge is 0.448 e. The molecule has 6 nitrogen and oxygen atoms in total. The Labute approximate surface area is 148 Å². The Bertz CT molecular complexity index is 955. The average molecular weight is 360 g/mol. The van der Waals surface area contributed by atoms with E-state index in [1.807, 2.05) is 0 Å². The molecule has 0 spiro atoms. The van der Waals surface area contributed by atoms with Crippen molar-refractivity contribution < 1.29 is 13.2 Å². The van der Waals surface area contributed by atoms with E-state index in [1.165, 1.54) is 6.26 Å². The van der Waals surface area contributed by atoms with Gasteiger partial charge in [-0.3, -0.25) is 14.3 Å². The van der Waals surface area contributed by atoms with Gasteiger partial charge in [0.05, 0.1) is 36.2 Å². The van der Waals surface area contributed by atoms with Crippen molar-refractivity contribution in [1.82, 2.24) is 19.4 Å². The second-order valence-corrected chi connectivity index (χ2v) is 6.35. The van der Waals surface area contributed by atoms with Crippen LogP contribution in [0.4, 0.5) is 8.78 Å². The zero-order chi connectivity index (χ0) is 18.1. The van der Waals surface area contributed by atoms with Gasteiger partial charge in [-0.2, -0.15) is 0 Å². The Morgan fingerprint density at radius 1 is 1.31 bits per heavy atom. The van der Waals surface area contributed by atoms with Crippen LogP contribution >= 0.6 is 0 Å². The lowest BCUT2D eigenvalue weighted by atomic mass is 10.1. The number of rotatable bonds is 5. The van der Waals surface area contributed by atoms with Crippen molar-refractivity contribution in [1.29, 1.82) is 0 Å². The first-order chi connectivity index (χ1) is 12.6. The van der Waals surface area contributed by atoms with Crippen LogP contribution in [0.1, 0.15) is 30.6 Å². The number of benzene rings is 1. The van der Waals surface area contributed by atoms with E-state index in [0.717, 1.165) is 24.0 Å². The van der Waals surface area contributed by atoms with Crippen molar-refractivity contribution in [3.8, 4) is 0 Å². The molecule has 1 unspecified atom stereocenters. The summed E-state index contributed by atoms with van der Waals surface area (Å²) in [5.41, 5.74) is 0.106. The molecule has 0 saturated carbocycles. The summed E-state index contributed by atoms with van der Waals surface area (Å²) in [6.45, 7) is 0.564. The minimum atomic E-state index is -2.63. The fourth-order valence-electron chi connectivity index (χ4n) is 3.57. The van der Waals surface area contributed by atoms with Crippen molar-refractivity contribution >= 4 is 10.9 Å². The van der Waals surface area contributed by atoms with Crippen LogP contribution in [0.15, 0.2) is 45.9 Å². The van der Waals surface area contributed by atoms with E-state index in [1.54, 1.807) is 30.5 Å².